The Morgan fingerprint density at radius 3 is 3.08 bits per heavy atom. The summed E-state index contributed by atoms with van der Waals surface area (Å²) >= 11 is 0. The van der Waals surface area contributed by atoms with Crippen molar-refractivity contribution in [2.75, 3.05) is 13.1 Å². The zero-order valence-corrected chi connectivity index (χ0v) is 13.3. The molecule has 1 amide bonds. The normalized spacial score (nSPS) is 18.2. The van der Waals surface area contributed by atoms with Crippen molar-refractivity contribution < 1.29 is 9.21 Å². The standard InChI is InChI=1S/C16H17N5O3/c1-19-12-8-17-10-18-14(12)21(16(19)23)11-4-2-6-20(9-11)15(22)13-5-3-7-24-13/h3,5,7-8,10-11H,2,4,6,9H2,1H3/t11-/m0/s1. The molecule has 4 rings (SSSR count). The summed E-state index contributed by atoms with van der Waals surface area (Å²) in [6.07, 6.45) is 6.21. The number of nitrogens with zero attached hydrogens (tertiary/aromatic N) is 5. The van der Waals surface area contributed by atoms with E-state index in [1.54, 1.807) is 39.4 Å². The minimum Gasteiger partial charge on any atom is -0.459 e. The van der Waals surface area contributed by atoms with Crippen LogP contribution in [-0.2, 0) is 7.05 Å². The van der Waals surface area contributed by atoms with Crippen molar-refractivity contribution in [2.24, 2.45) is 7.05 Å². The molecular formula is C16H17N5O3. The Kier molecular flexibility index (Phi) is 3.44. The molecule has 124 valence electrons. The fraction of sp³-hybridized carbons (Fsp3) is 0.375. The number of imidazole rings is 1. The minimum atomic E-state index is -0.146. The molecule has 1 aliphatic heterocycles. The van der Waals surface area contributed by atoms with Gasteiger partial charge in [-0.1, -0.05) is 0 Å². The van der Waals surface area contributed by atoms with Crippen molar-refractivity contribution in [1.29, 1.82) is 0 Å². The lowest BCUT2D eigenvalue weighted by Crippen LogP contribution is -2.42. The number of rotatable bonds is 2. The molecule has 0 aromatic carbocycles. The number of hydrogen-bond donors (Lipinski definition) is 0. The highest BCUT2D eigenvalue weighted by Gasteiger charge is 2.29. The molecule has 8 nitrogen and oxygen atoms in total. The Bertz CT molecular complexity index is 940. The third-order valence-corrected chi connectivity index (χ3v) is 4.54. The number of amides is 1. The minimum absolute atomic E-state index is 0.108. The largest absolute Gasteiger partial charge is 0.459 e. The molecule has 8 heteroatoms. The van der Waals surface area contributed by atoms with Gasteiger partial charge in [0.25, 0.3) is 5.91 Å². The third kappa shape index (κ3) is 2.22. The first-order valence-corrected chi connectivity index (χ1v) is 7.86. The van der Waals surface area contributed by atoms with Gasteiger partial charge in [-0.2, -0.15) is 0 Å². The number of fused-ring (bicyclic) bond motifs is 1. The van der Waals surface area contributed by atoms with Gasteiger partial charge in [-0.05, 0) is 25.0 Å². The van der Waals surface area contributed by atoms with Gasteiger partial charge in [-0.15, -0.1) is 0 Å². The Morgan fingerprint density at radius 2 is 2.29 bits per heavy atom. The molecular weight excluding hydrogens is 310 g/mol. The summed E-state index contributed by atoms with van der Waals surface area (Å²) in [5, 5.41) is 0. The highest BCUT2D eigenvalue weighted by atomic mass is 16.3. The second kappa shape index (κ2) is 5.63. The van der Waals surface area contributed by atoms with Gasteiger partial charge in [-0.25, -0.2) is 14.8 Å². The SMILES string of the molecule is Cn1c(=O)n([C@H]2CCCN(C(=O)c3ccco3)C2)c2ncncc21. The zero-order chi connectivity index (χ0) is 16.7. The maximum absolute atomic E-state index is 12.6. The van der Waals surface area contributed by atoms with E-state index in [0.717, 1.165) is 12.8 Å². The maximum Gasteiger partial charge on any atom is 0.330 e. The molecule has 1 atom stereocenters. The molecule has 1 aliphatic rings. The molecule has 0 saturated carbocycles. The van der Waals surface area contributed by atoms with E-state index in [-0.39, 0.29) is 17.6 Å². The Balaban J connectivity index is 1.69. The monoisotopic (exact) mass is 327 g/mol. The molecule has 0 N–H and O–H groups in total. The van der Waals surface area contributed by atoms with Crippen molar-refractivity contribution in [2.45, 2.75) is 18.9 Å². The van der Waals surface area contributed by atoms with E-state index in [4.69, 9.17) is 4.42 Å². The Morgan fingerprint density at radius 1 is 1.42 bits per heavy atom. The number of carbonyl (C=O) groups excluding carboxylic acids is 1. The topological polar surface area (TPSA) is 86.2 Å². The lowest BCUT2D eigenvalue weighted by atomic mass is 10.1. The van der Waals surface area contributed by atoms with Crippen LogP contribution in [-0.4, -0.2) is 43.0 Å². The van der Waals surface area contributed by atoms with E-state index >= 15 is 0 Å². The van der Waals surface area contributed by atoms with Gasteiger partial charge >= 0.3 is 5.69 Å². The fourth-order valence-corrected chi connectivity index (χ4v) is 3.33. The summed E-state index contributed by atoms with van der Waals surface area (Å²) in [6, 6.07) is 3.24. The molecule has 1 saturated heterocycles. The predicted octanol–water partition coefficient (Wildman–Crippen LogP) is 1.20. The zero-order valence-electron chi connectivity index (χ0n) is 13.3. The van der Waals surface area contributed by atoms with Crippen molar-refractivity contribution in [3.05, 3.63) is 47.2 Å². The number of likely N-dealkylation sites (tertiary alicyclic amines) is 1. The van der Waals surface area contributed by atoms with Crippen molar-refractivity contribution in [3.63, 3.8) is 0 Å². The number of aromatic nitrogens is 4. The fourth-order valence-electron chi connectivity index (χ4n) is 3.33. The maximum atomic E-state index is 12.6. The van der Waals surface area contributed by atoms with Gasteiger partial charge < -0.3 is 9.32 Å². The van der Waals surface area contributed by atoms with E-state index in [2.05, 4.69) is 9.97 Å². The van der Waals surface area contributed by atoms with E-state index in [0.29, 0.717) is 30.0 Å². The van der Waals surface area contributed by atoms with Crippen LogP contribution in [0, 0.1) is 0 Å². The van der Waals surface area contributed by atoms with Crippen molar-refractivity contribution in [1.82, 2.24) is 24.0 Å². The van der Waals surface area contributed by atoms with Crippen LogP contribution in [0.15, 0.2) is 40.1 Å². The summed E-state index contributed by atoms with van der Waals surface area (Å²) in [5.41, 5.74) is 1.16. The van der Waals surface area contributed by atoms with Gasteiger partial charge in [-0.3, -0.25) is 13.9 Å². The summed E-state index contributed by atoms with van der Waals surface area (Å²) in [6.45, 7) is 1.12. The Labute approximate surface area is 137 Å². The first-order chi connectivity index (χ1) is 11.7. The van der Waals surface area contributed by atoms with E-state index in [1.807, 2.05) is 0 Å². The van der Waals surface area contributed by atoms with E-state index in [9.17, 15) is 9.59 Å². The van der Waals surface area contributed by atoms with Gasteiger partial charge in [0, 0.05) is 20.1 Å². The molecule has 3 aromatic heterocycles. The van der Waals surface area contributed by atoms with E-state index in [1.165, 1.54) is 12.6 Å². The first kappa shape index (κ1) is 14.7. The quantitative estimate of drug-likeness (QED) is 0.706. The Hall–Kier alpha value is -2.90. The average Bonchev–Trinajstić information content (AvgIpc) is 3.23. The molecule has 3 aromatic rings. The van der Waals surface area contributed by atoms with Crippen LogP contribution in [0.3, 0.4) is 0 Å². The summed E-state index contributed by atoms with van der Waals surface area (Å²) in [5.74, 6) is 0.177. The molecule has 4 heterocycles. The van der Waals surface area contributed by atoms with Crippen LogP contribution in [0.1, 0.15) is 29.4 Å². The van der Waals surface area contributed by atoms with Crippen molar-refractivity contribution >= 4 is 17.1 Å². The lowest BCUT2D eigenvalue weighted by molar-refractivity contribution is 0.0647. The van der Waals surface area contributed by atoms with Gasteiger partial charge in [0.15, 0.2) is 11.4 Å². The highest BCUT2D eigenvalue weighted by molar-refractivity contribution is 5.91. The summed E-state index contributed by atoms with van der Waals surface area (Å²) in [7, 11) is 1.71. The molecule has 0 spiro atoms. The highest BCUT2D eigenvalue weighted by Crippen LogP contribution is 2.24. The van der Waals surface area contributed by atoms with Crippen LogP contribution in [0.2, 0.25) is 0 Å². The van der Waals surface area contributed by atoms with Gasteiger partial charge in [0.2, 0.25) is 0 Å². The number of carbonyl (C=O) groups is 1. The van der Waals surface area contributed by atoms with Crippen LogP contribution in [0.4, 0.5) is 0 Å². The van der Waals surface area contributed by atoms with E-state index < -0.39 is 0 Å². The van der Waals surface area contributed by atoms with Crippen LogP contribution >= 0.6 is 0 Å². The molecule has 24 heavy (non-hydrogen) atoms. The average molecular weight is 327 g/mol. The third-order valence-electron chi connectivity index (χ3n) is 4.54. The molecule has 1 fully saturated rings. The predicted molar refractivity (Wildman–Crippen MR) is 85.7 cm³/mol. The smallest absolute Gasteiger partial charge is 0.330 e. The molecule has 0 radical (unpaired) electrons. The first-order valence-electron chi connectivity index (χ1n) is 7.86. The molecule has 0 aliphatic carbocycles. The summed E-state index contributed by atoms with van der Waals surface area (Å²) < 4.78 is 8.43. The number of furan rings is 1. The summed E-state index contributed by atoms with van der Waals surface area (Å²) in [4.78, 5) is 35.1. The second-order valence-corrected chi connectivity index (χ2v) is 5.97. The van der Waals surface area contributed by atoms with Crippen LogP contribution < -0.4 is 5.69 Å². The lowest BCUT2D eigenvalue weighted by Gasteiger charge is -2.32. The number of hydrogen-bond acceptors (Lipinski definition) is 5. The number of piperidine rings is 1. The number of aryl methyl sites for hydroxylation is 1. The van der Waals surface area contributed by atoms with Gasteiger partial charge in [0.05, 0.1) is 18.5 Å². The van der Waals surface area contributed by atoms with Crippen LogP contribution in [0.25, 0.3) is 11.2 Å². The van der Waals surface area contributed by atoms with Crippen molar-refractivity contribution in [3.8, 4) is 0 Å². The van der Waals surface area contributed by atoms with Gasteiger partial charge in [0.1, 0.15) is 11.8 Å². The molecule has 0 unspecified atom stereocenters. The molecule has 0 bridgehead atoms. The van der Waals surface area contributed by atoms with Crippen LogP contribution in [0.5, 0.6) is 0 Å². The second-order valence-electron chi connectivity index (χ2n) is 5.97.